The van der Waals surface area contributed by atoms with E-state index in [1.165, 1.54) is 37.4 Å². The largest absolute Gasteiger partial charge is 0.494 e. The fraction of sp³-hybridized carbons (Fsp3) is 0.188. The van der Waals surface area contributed by atoms with E-state index < -0.39 is 5.82 Å². The van der Waals surface area contributed by atoms with Crippen LogP contribution in [0.3, 0.4) is 0 Å². The zero-order chi connectivity index (χ0) is 14.7. The zero-order valence-corrected chi connectivity index (χ0v) is 11.2. The van der Waals surface area contributed by atoms with E-state index in [4.69, 9.17) is 4.74 Å². The third kappa shape index (κ3) is 3.02. The molecule has 0 spiro atoms. The van der Waals surface area contributed by atoms with Crippen molar-refractivity contribution in [1.82, 2.24) is 0 Å². The van der Waals surface area contributed by atoms with Crippen LogP contribution in [0.2, 0.25) is 0 Å². The van der Waals surface area contributed by atoms with Gasteiger partial charge < -0.3 is 4.74 Å². The van der Waals surface area contributed by atoms with Crippen LogP contribution in [0.4, 0.5) is 8.78 Å². The van der Waals surface area contributed by atoms with Crippen LogP contribution in [0.1, 0.15) is 21.5 Å². The van der Waals surface area contributed by atoms with Gasteiger partial charge in [-0.1, -0.05) is 6.07 Å². The highest BCUT2D eigenvalue weighted by molar-refractivity contribution is 5.98. The van der Waals surface area contributed by atoms with E-state index in [9.17, 15) is 13.6 Å². The van der Waals surface area contributed by atoms with E-state index in [0.717, 1.165) is 5.56 Å². The van der Waals surface area contributed by atoms with E-state index in [-0.39, 0.29) is 23.8 Å². The fourth-order valence-electron chi connectivity index (χ4n) is 1.97. The van der Waals surface area contributed by atoms with Crippen molar-refractivity contribution in [2.75, 3.05) is 7.11 Å². The van der Waals surface area contributed by atoms with Crippen molar-refractivity contribution in [2.24, 2.45) is 0 Å². The summed E-state index contributed by atoms with van der Waals surface area (Å²) in [5.74, 6) is -0.978. The molecule has 0 aromatic heterocycles. The Hall–Kier alpha value is -2.23. The summed E-state index contributed by atoms with van der Waals surface area (Å²) in [5.41, 5.74) is 1.83. The summed E-state index contributed by atoms with van der Waals surface area (Å²) in [5, 5.41) is 0. The van der Waals surface area contributed by atoms with Gasteiger partial charge in [0.2, 0.25) is 0 Å². The molecule has 104 valence electrons. The lowest BCUT2D eigenvalue weighted by molar-refractivity contribution is 0.0992. The highest BCUT2D eigenvalue weighted by Gasteiger charge is 2.12. The van der Waals surface area contributed by atoms with Crippen LogP contribution < -0.4 is 4.74 Å². The first kappa shape index (κ1) is 14.2. The van der Waals surface area contributed by atoms with Crippen molar-refractivity contribution in [1.29, 1.82) is 0 Å². The van der Waals surface area contributed by atoms with E-state index in [1.54, 1.807) is 13.0 Å². The Morgan fingerprint density at radius 3 is 2.55 bits per heavy atom. The number of ether oxygens (including phenoxy) is 1. The minimum atomic E-state index is -0.512. The second-order valence-corrected chi connectivity index (χ2v) is 4.52. The van der Waals surface area contributed by atoms with Gasteiger partial charge in [0.1, 0.15) is 5.82 Å². The molecule has 0 radical (unpaired) electrons. The summed E-state index contributed by atoms with van der Waals surface area (Å²) < 4.78 is 31.1. The van der Waals surface area contributed by atoms with Gasteiger partial charge in [0.25, 0.3) is 0 Å². The summed E-state index contributed by atoms with van der Waals surface area (Å²) in [4.78, 5) is 12.2. The standard InChI is InChI=1S/C16H14F2O2/c1-10-7-13(17)5-3-11(10)8-15(19)12-4-6-14(18)16(9-12)20-2/h3-7,9H,8H2,1-2H3. The van der Waals surface area contributed by atoms with E-state index in [0.29, 0.717) is 11.1 Å². The van der Waals surface area contributed by atoms with Gasteiger partial charge in [-0.25, -0.2) is 8.78 Å². The Balaban J connectivity index is 2.24. The van der Waals surface area contributed by atoms with Crippen molar-refractivity contribution in [3.63, 3.8) is 0 Å². The predicted molar refractivity (Wildman–Crippen MR) is 72.1 cm³/mol. The predicted octanol–water partition coefficient (Wildman–Crippen LogP) is 3.71. The molecule has 0 unspecified atom stereocenters. The first-order chi connectivity index (χ1) is 9.51. The minimum absolute atomic E-state index is 0.0340. The number of hydrogen-bond acceptors (Lipinski definition) is 2. The molecule has 4 heteroatoms. The second kappa shape index (κ2) is 5.82. The van der Waals surface area contributed by atoms with Crippen molar-refractivity contribution < 1.29 is 18.3 Å². The number of hydrogen-bond donors (Lipinski definition) is 0. The zero-order valence-electron chi connectivity index (χ0n) is 11.2. The van der Waals surface area contributed by atoms with E-state index in [1.807, 2.05) is 0 Å². The van der Waals surface area contributed by atoms with E-state index >= 15 is 0 Å². The number of benzene rings is 2. The molecule has 0 amide bonds. The molecular formula is C16H14F2O2. The van der Waals surface area contributed by atoms with Crippen LogP contribution in [0.5, 0.6) is 5.75 Å². The Labute approximate surface area is 116 Å². The normalized spacial score (nSPS) is 10.4. The van der Waals surface area contributed by atoms with Gasteiger partial charge in [0.15, 0.2) is 17.3 Å². The molecule has 2 rings (SSSR count). The lowest BCUT2D eigenvalue weighted by Crippen LogP contribution is -2.06. The first-order valence-corrected chi connectivity index (χ1v) is 6.13. The molecule has 2 aromatic rings. The van der Waals surface area contributed by atoms with Crippen LogP contribution in [0.25, 0.3) is 0 Å². The van der Waals surface area contributed by atoms with Crippen molar-refractivity contribution in [3.05, 3.63) is 64.7 Å². The molecule has 0 fully saturated rings. The lowest BCUT2D eigenvalue weighted by atomic mass is 9.99. The minimum Gasteiger partial charge on any atom is -0.494 e. The van der Waals surface area contributed by atoms with Gasteiger partial charge in [-0.3, -0.25) is 4.79 Å². The molecule has 0 aliphatic heterocycles. The lowest BCUT2D eigenvalue weighted by Gasteiger charge is -2.07. The van der Waals surface area contributed by atoms with Gasteiger partial charge in [-0.2, -0.15) is 0 Å². The number of carbonyl (C=O) groups is 1. The average molecular weight is 276 g/mol. The highest BCUT2D eigenvalue weighted by Crippen LogP contribution is 2.20. The Morgan fingerprint density at radius 2 is 1.90 bits per heavy atom. The van der Waals surface area contributed by atoms with E-state index in [2.05, 4.69) is 0 Å². The van der Waals surface area contributed by atoms with Gasteiger partial charge in [-0.05, 0) is 48.4 Å². The monoisotopic (exact) mass is 276 g/mol. The Bertz CT molecular complexity index is 651. The summed E-state index contributed by atoms with van der Waals surface area (Å²) in [7, 11) is 1.34. The molecule has 0 saturated heterocycles. The maximum Gasteiger partial charge on any atom is 0.167 e. The van der Waals surface area contributed by atoms with Crippen LogP contribution in [-0.2, 0) is 6.42 Å². The number of aryl methyl sites for hydroxylation is 1. The third-order valence-electron chi connectivity index (χ3n) is 3.13. The summed E-state index contributed by atoms with van der Waals surface area (Å²) in [6.07, 6.45) is 0.140. The van der Waals surface area contributed by atoms with Gasteiger partial charge in [0, 0.05) is 12.0 Å². The van der Waals surface area contributed by atoms with Crippen molar-refractivity contribution in [3.8, 4) is 5.75 Å². The number of halogens is 2. The molecule has 0 heterocycles. The van der Waals surface area contributed by atoms with Crippen molar-refractivity contribution in [2.45, 2.75) is 13.3 Å². The number of Topliss-reactive ketones (excluding diaryl/α,β-unsaturated/α-hetero) is 1. The second-order valence-electron chi connectivity index (χ2n) is 4.52. The number of methoxy groups -OCH3 is 1. The molecule has 0 saturated carbocycles. The fourth-order valence-corrected chi connectivity index (χ4v) is 1.97. The number of rotatable bonds is 4. The summed E-state index contributed by atoms with van der Waals surface area (Å²) in [6, 6.07) is 8.27. The quantitative estimate of drug-likeness (QED) is 0.796. The SMILES string of the molecule is COc1cc(C(=O)Cc2ccc(F)cc2C)ccc1F. The number of carbonyl (C=O) groups excluding carboxylic acids is 1. The van der Waals surface area contributed by atoms with Crippen LogP contribution in [0, 0.1) is 18.6 Å². The Kier molecular flexibility index (Phi) is 4.13. The van der Waals surface area contributed by atoms with Crippen LogP contribution >= 0.6 is 0 Å². The summed E-state index contributed by atoms with van der Waals surface area (Å²) in [6.45, 7) is 1.75. The molecule has 0 aliphatic carbocycles. The molecule has 0 bridgehead atoms. The molecule has 0 N–H and O–H groups in total. The molecule has 0 aliphatic rings. The van der Waals surface area contributed by atoms with Gasteiger partial charge >= 0.3 is 0 Å². The van der Waals surface area contributed by atoms with Gasteiger partial charge in [-0.15, -0.1) is 0 Å². The van der Waals surface area contributed by atoms with Crippen LogP contribution in [-0.4, -0.2) is 12.9 Å². The summed E-state index contributed by atoms with van der Waals surface area (Å²) >= 11 is 0. The molecule has 2 aromatic carbocycles. The molecule has 0 atom stereocenters. The first-order valence-electron chi connectivity index (χ1n) is 6.13. The topological polar surface area (TPSA) is 26.3 Å². The van der Waals surface area contributed by atoms with Crippen molar-refractivity contribution >= 4 is 5.78 Å². The Morgan fingerprint density at radius 1 is 1.15 bits per heavy atom. The molecular weight excluding hydrogens is 262 g/mol. The highest BCUT2D eigenvalue weighted by atomic mass is 19.1. The molecule has 2 nitrogen and oxygen atoms in total. The maximum atomic E-state index is 13.3. The smallest absolute Gasteiger partial charge is 0.167 e. The molecule has 20 heavy (non-hydrogen) atoms. The van der Waals surface area contributed by atoms with Gasteiger partial charge in [0.05, 0.1) is 7.11 Å². The van der Waals surface area contributed by atoms with Crippen LogP contribution in [0.15, 0.2) is 36.4 Å². The maximum absolute atomic E-state index is 13.3. The third-order valence-corrected chi connectivity index (χ3v) is 3.13. The average Bonchev–Trinajstić information content (AvgIpc) is 2.42. The number of ketones is 1.